The van der Waals surface area contributed by atoms with Crippen LogP contribution in [0.2, 0.25) is 0 Å². The first-order valence-electron chi connectivity index (χ1n) is 6.94. The standard InChI is InChI=1S/C17H20FNS/c1-2-19-15(12-14-8-4-3-5-9-14)13-20-17-11-7-6-10-16(17)18/h3-11,15,19H,2,12-13H2,1H3. The van der Waals surface area contributed by atoms with E-state index >= 15 is 0 Å². The van der Waals surface area contributed by atoms with Crippen LogP contribution in [0.15, 0.2) is 59.5 Å². The van der Waals surface area contributed by atoms with E-state index < -0.39 is 0 Å². The van der Waals surface area contributed by atoms with E-state index in [4.69, 9.17) is 0 Å². The van der Waals surface area contributed by atoms with Gasteiger partial charge in [-0.2, -0.15) is 0 Å². The normalized spacial score (nSPS) is 12.3. The number of hydrogen-bond acceptors (Lipinski definition) is 2. The van der Waals surface area contributed by atoms with Crippen molar-refractivity contribution in [1.82, 2.24) is 5.32 Å². The fraction of sp³-hybridized carbons (Fsp3) is 0.294. The maximum Gasteiger partial charge on any atom is 0.136 e. The molecule has 1 nitrogen and oxygen atoms in total. The highest BCUT2D eigenvalue weighted by Gasteiger charge is 2.10. The molecular formula is C17H20FNS. The molecule has 0 fully saturated rings. The Morgan fingerprint density at radius 1 is 1.05 bits per heavy atom. The number of benzene rings is 2. The highest BCUT2D eigenvalue weighted by Crippen LogP contribution is 2.22. The summed E-state index contributed by atoms with van der Waals surface area (Å²) in [5.41, 5.74) is 1.31. The molecule has 0 radical (unpaired) electrons. The molecule has 1 N–H and O–H groups in total. The Balaban J connectivity index is 1.94. The Morgan fingerprint density at radius 2 is 1.75 bits per heavy atom. The molecule has 0 bridgehead atoms. The second-order valence-electron chi connectivity index (χ2n) is 4.69. The largest absolute Gasteiger partial charge is 0.313 e. The molecule has 2 rings (SSSR count). The van der Waals surface area contributed by atoms with Crippen LogP contribution < -0.4 is 5.32 Å². The molecule has 1 atom stereocenters. The van der Waals surface area contributed by atoms with Gasteiger partial charge in [0.15, 0.2) is 0 Å². The molecule has 0 aliphatic rings. The van der Waals surface area contributed by atoms with Gasteiger partial charge in [0.1, 0.15) is 5.82 Å². The van der Waals surface area contributed by atoms with Crippen molar-refractivity contribution in [3.63, 3.8) is 0 Å². The molecule has 0 aromatic heterocycles. The van der Waals surface area contributed by atoms with E-state index in [1.54, 1.807) is 17.8 Å². The van der Waals surface area contributed by atoms with E-state index in [9.17, 15) is 4.39 Å². The van der Waals surface area contributed by atoms with Crippen LogP contribution in [-0.4, -0.2) is 18.3 Å². The molecule has 106 valence electrons. The monoisotopic (exact) mass is 289 g/mol. The second-order valence-corrected chi connectivity index (χ2v) is 5.75. The smallest absolute Gasteiger partial charge is 0.136 e. The molecule has 0 saturated carbocycles. The first kappa shape index (κ1) is 15.1. The first-order chi connectivity index (χ1) is 9.79. The first-order valence-corrected chi connectivity index (χ1v) is 7.92. The summed E-state index contributed by atoms with van der Waals surface area (Å²) in [5.74, 6) is 0.733. The zero-order chi connectivity index (χ0) is 14.2. The maximum atomic E-state index is 13.6. The molecule has 0 heterocycles. The Labute approximate surface area is 124 Å². The molecule has 0 aliphatic heterocycles. The third-order valence-corrected chi connectivity index (χ3v) is 4.31. The molecule has 2 aromatic rings. The van der Waals surface area contributed by atoms with Crippen LogP contribution in [0.25, 0.3) is 0 Å². The Kier molecular flexibility index (Phi) is 6.09. The minimum absolute atomic E-state index is 0.132. The van der Waals surface area contributed by atoms with E-state index in [0.29, 0.717) is 6.04 Å². The molecule has 0 spiro atoms. The van der Waals surface area contributed by atoms with Crippen LogP contribution in [0.1, 0.15) is 12.5 Å². The molecule has 0 aliphatic carbocycles. The predicted molar refractivity (Wildman–Crippen MR) is 84.7 cm³/mol. The van der Waals surface area contributed by atoms with Crippen LogP contribution in [0.5, 0.6) is 0 Å². The number of thioether (sulfide) groups is 1. The minimum Gasteiger partial charge on any atom is -0.313 e. The van der Waals surface area contributed by atoms with Gasteiger partial charge in [0.05, 0.1) is 0 Å². The molecule has 3 heteroatoms. The van der Waals surface area contributed by atoms with Gasteiger partial charge in [-0.05, 0) is 30.7 Å². The van der Waals surface area contributed by atoms with E-state index in [-0.39, 0.29) is 5.82 Å². The number of rotatable bonds is 7. The third-order valence-electron chi connectivity index (χ3n) is 3.09. The minimum atomic E-state index is -0.132. The second kappa shape index (κ2) is 8.08. The molecular weight excluding hydrogens is 269 g/mol. The van der Waals surface area contributed by atoms with Gasteiger partial charge >= 0.3 is 0 Å². The maximum absolute atomic E-state index is 13.6. The summed E-state index contributed by atoms with van der Waals surface area (Å²) in [6.07, 6.45) is 0.968. The van der Waals surface area contributed by atoms with Crippen molar-refractivity contribution in [2.45, 2.75) is 24.3 Å². The Bertz CT molecular complexity index is 515. The zero-order valence-electron chi connectivity index (χ0n) is 11.7. The van der Waals surface area contributed by atoms with Crippen molar-refractivity contribution < 1.29 is 4.39 Å². The number of hydrogen-bond donors (Lipinski definition) is 1. The Morgan fingerprint density at radius 3 is 2.45 bits per heavy atom. The predicted octanol–water partition coefficient (Wildman–Crippen LogP) is 4.14. The van der Waals surface area contributed by atoms with Crippen LogP contribution in [-0.2, 0) is 6.42 Å². The van der Waals surface area contributed by atoms with Gasteiger partial charge in [0, 0.05) is 16.7 Å². The molecule has 0 saturated heterocycles. The number of likely N-dealkylation sites (N-methyl/N-ethyl adjacent to an activating group) is 1. The highest BCUT2D eigenvalue weighted by molar-refractivity contribution is 7.99. The van der Waals surface area contributed by atoms with Gasteiger partial charge in [0.2, 0.25) is 0 Å². The van der Waals surface area contributed by atoms with Gasteiger partial charge in [-0.15, -0.1) is 11.8 Å². The average Bonchev–Trinajstić information content (AvgIpc) is 2.47. The summed E-state index contributed by atoms with van der Waals surface area (Å²) in [6.45, 7) is 3.03. The lowest BCUT2D eigenvalue weighted by atomic mass is 10.1. The summed E-state index contributed by atoms with van der Waals surface area (Å²) in [6, 6.07) is 17.7. The summed E-state index contributed by atoms with van der Waals surface area (Å²) >= 11 is 1.58. The molecule has 0 amide bonds. The van der Waals surface area contributed by atoms with Crippen LogP contribution in [0.4, 0.5) is 4.39 Å². The summed E-state index contributed by atoms with van der Waals surface area (Å²) in [5, 5.41) is 3.48. The number of nitrogens with one attached hydrogen (secondary N) is 1. The van der Waals surface area contributed by atoms with Crippen molar-refractivity contribution in [2.24, 2.45) is 0 Å². The van der Waals surface area contributed by atoms with Gasteiger partial charge in [-0.1, -0.05) is 49.4 Å². The van der Waals surface area contributed by atoms with E-state index in [1.807, 2.05) is 18.2 Å². The third kappa shape index (κ3) is 4.66. The van der Waals surface area contributed by atoms with Crippen LogP contribution in [0.3, 0.4) is 0 Å². The van der Waals surface area contributed by atoms with Crippen molar-refractivity contribution in [3.8, 4) is 0 Å². The lowest BCUT2D eigenvalue weighted by Gasteiger charge is -2.17. The quantitative estimate of drug-likeness (QED) is 0.769. The van der Waals surface area contributed by atoms with Gasteiger partial charge in [-0.3, -0.25) is 0 Å². The fourth-order valence-corrected chi connectivity index (χ4v) is 3.13. The summed E-state index contributed by atoms with van der Waals surface area (Å²) in [4.78, 5) is 0.725. The van der Waals surface area contributed by atoms with E-state index in [2.05, 4.69) is 36.5 Å². The van der Waals surface area contributed by atoms with Gasteiger partial charge in [0.25, 0.3) is 0 Å². The summed E-state index contributed by atoms with van der Waals surface area (Å²) in [7, 11) is 0. The van der Waals surface area contributed by atoms with Gasteiger partial charge in [-0.25, -0.2) is 4.39 Å². The lowest BCUT2D eigenvalue weighted by molar-refractivity contribution is 0.571. The van der Waals surface area contributed by atoms with E-state index in [1.165, 1.54) is 11.6 Å². The Hall–Kier alpha value is -1.32. The molecule has 2 aromatic carbocycles. The zero-order valence-corrected chi connectivity index (χ0v) is 12.5. The van der Waals surface area contributed by atoms with Crippen LogP contribution in [0, 0.1) is 5.82 Å². The van der Waals surface area contributed by atoms with Crippen molar-refractivity contribution >= 4 is 11.8 Å². The molecule has 20 heavy (non-hydrogen) atoms. The van der Waals surface area contributed by atoms with E-state index in [0.717, 1.165) is 23.6 Å². The SMILES string of the molecule is CCNC(CSc1ccccc1F)Cc1ccccc1. The van der Waals surface area contributed by atoms with Crippen LogP contribution >= 0.6 is 11.8 Å². The molecule has 1 unspecified atom stereocenters. The van der Waals surface area contributed by atoms with Crippen molar-refractivity contribution in [3.05, 3.63) is 66.0 Å². The lowest BCUT2D eigenvalue weighted by Crippen LogP contribution is -2.33. The number of halogens is 1. The topological polar surface area (TPSA) is 12.0 Å². The fourth-order valence-electron chi connectivity index (χ4n) is 2.13. The van der Waals surface area contributed by atoms with Crippen molar-refractivity contribution in [1.29, 1.82) is 0 Å². The van der Waals surface area contributed by atoms with Gasteiger partial charge < -0.3 is 5.32 Å². The van der Waals surface area contributed by atoms with Crippen molar-refractivity contribution in [2.75, 3.05) is 12.3 Å². The highest BCUT2D eigenvalue weighted by atomic mass is 32.2. The summed E-state index contributed by atoms with van der Waals surface area (Å²) < 4.78 is 13.6. The average molecular weight is 289 g/mol.